The summed E-state index contributed by atoms with van der Waals surface area (Å²) >= 11 is 0. The standard InChI is InChI=1S/C14H24N4O/c1-4-8-18-11(3)13(10(2)17-18)14(19)16-12-6-5-7-15-9-12/h12,15H,4-9H2,1-3H3,(H,16,19). The number of piperidine rings is 1. The number of aromatic nitrogens is 2. The monoisotopic (exact) mass is 264 g/mol. The number of carbonyl (C=O) groups excluding carboxylic acids is 1. The van der Waals surface area contributed by atoms with Crippen molar-refractivity contribution in [1.82, 2.24) is 20.4 Å². The zero-order chi connectivity index (χ0) is 13.8. The Morgan fingerprint density at radius 2 is 2.32 bits per heavy atom. The van der Waals surface area contributed by atoms with Gasteiger partial charge in [0.05, 0.1) is 11.3 Å². The summed E-state index contributed by atoms with van der Waals surface area (Å²) in [4.78, 5) is 12.4. The first-order chi connectivity index (χ1) is 9.13. The van der Waals surface area contributed by atoms with Crippen molar-refractivity contribution >= 4 is 5.91 Å². The molecule has 1 aliphatic heterocycles. The van der Waals surface area contributed by atoms with Crippen LogP contribution in [0.25, 0.3) is 0 Å². The predicted molar refractivity (Wildman–Crippen MR) is 75.3 cm³/mol. The minimum Gasteiger partial charge on any atom is -0.348 e. The zero-order valence-electron chi connectivity index (χ0n) is 12.1. The second-order valence-corrected chi connectivity index (χ2v) is 5.29. The van der Waals surface area contributed by atoms with Crippen LogP contribution in [0.4, 0.5) is 0 Å². The van der Waals surface area contributed by atoms with Crippen LogP contribution in [0, 0.1) is 13.8 Å². The van der Waals surface area contributed by atoms with Gasteiger partial charge in [-0.1, -0.05) is 6.92 Å². The van der Waals surface area contributed by atoms with Gasteiger partial charge in [0, 0.05) is 24.8 Å². The average Bonchev–Trinajstić information content (AvgIpc) is 2.66. The molecule has 1 saturated heterocycles. The van der Waals surface area contributed by atoms with E-state index in [0.29, 0.717) is 0 Å². The maximum atomic E-state index is 12.4. The van der Waals surface area contributed by atoms with Gasteiger partial charge in [0.15, 0.2) is 0 Å². The quantitative estimate of drug-likeness (QED) is 0.864. The topological polar surface area (TPSA) is 59.0 Å². The SMILES string of the molecule is CCCn1nc(C)c(C(=O)NC2CCCNC2)c1C. The molecule has 0 aromatic carbocycles. The molecule has 1 aromatic rings. The summed E-state index contributed by atoms with van der Waals surface area (Å²) < 4.78 is 1.93. The Balaban J connectivity index is 2.09. The number of carbonyl (C=O) groups is 1. The Morgan fingerprint density at radius 1 is 1.53 bits per heavy atom. The first kappa shape index (κ1) is 14.1. The van der Waals surface area contributed by atoms with Crippen LogP contribution in [-0.4, -0.2) is 34.8 Å². The van der Waals surface area contributed by atoms with Crippen molar-refractivity contribution in [1.29, 1.82) is 0 Å². The number of nitrogens with zero attached hydrogens (tertiary/aromatic N) is 2. The normalized spacial score (nSPS) is 19.4. The molecule has 0 spiro atoms. The Bertz CT molecular complexity index is 447. The lowest BCUT2D eigenvalue weighted by atomic mass is 10.1. The van der Waals surface area contributed by atoms with E-state index in [-0.39, 0.29) is 11.9 Å². The highest BCUT2D eigenvalue weighted by Crippen LogP contribution is 2.14. The molecule has 5 heteroatoms. The summed E-state index contributed by atoms with van der Waals surface area (Å²) in [5, 5.41) is 10.9. The highest BCUT2D eigenvalue weighted by Gasteiger charge is 2.21. The summed E-state index contributed by atoms with van der Waals surface area (Å²) in [5.41, 5.74) is 2.55. The van der Waals surface area contributed by atoms with Crippen LogP contribution in [0.2, 0.25) is 0 Å². The molecule has 2 N–H and O–H groups in total. The Hall–Kier alpha value is -1.36. The lowest BCUT2D eigenvalue weighted by molar-refractivity contribution is 0.0929. The molecule has 0 aliphatic carbocycles. The van der Waals surface area contributed by atoms with E-state index < -0.39 is 0 Å². The van der Waals surface area contributed by atoms with Crippen LogP contribution in [0.5, 0.6) is 0 Å². The number of hydrogen-bond donors (Lipinski definition) is 2. The zero-order valence-corrected chi connectivity index (χ0v) is 12.1. The van der Waals surface area contributed by atoms with Gasteiger partial charge >= 0.3 is 0 Å². The molecule has 2 heterocycles. The van der Waals surface area contributed by atoms with Crippen molar-refractivity contribution in [3.63, 3.8) is 0 Å². The van der Waals surface area contributed by atoms with E-state index in [4.69, 9.17) is 0 Å². The summed E-state index contributed by atoms with van der Waals surface area (Å²) in [5.74, 6) is 0.0195. The van der Waals surface area contributed by atoms with E-state index in [2.05, 4.69) is 22.7 Å². The predicted octanol–water partition coefficient (Wildman–Crippen LogP) is 1.39. The molecule has 1 aromatic heterocycles. The van der Waals surface area contributed by atoms with Crippen LogP contribution in [0.15, 0.2) is 0 Å². The van der Waals surface area contributed by atoms with Crippen molar-refractivity contribution in [2.24, 2.45) is 0 Å². The van der Waals surface area contributed by atoms with Gasteiger partial charge in [-0.3, -0.25) is 9.48 Å². The van der Waals surface area contributed by atoms with Gasteiger partial charge in [0.2, 0.25) is 0 Å². The van der Waals surface area contributed by atoms with Crippen LogP contribution in [0.1, 0.15) is 47.9 Å². The fourth-order valence-electron chi connectivity index (χ4n) is 2.69. The molecule has 1 amide bonds. The molecule has 1 atom stereocenters. The molecule has 0 radical (unpaired) electrons. The Labute approximate surface area is 114 Å². The molecular formula is C14H24N4O. The van der Waals surface area contributed by atoms with Crippen molar-refractivity contribution in [3.8, 4) is 0 Å². The summed E-state index contributed by atoms with van der Waals surface area (Å²) in [7, 11) is 0. The molecule has 5 nitrogen and oxygen atoms in total. The third-order valence-electron chi connectivity index (χ3n) is 3.68. The lowest BCUT2D eigenvalue weighted by Crippen LogP contribution is -2.45. The van der Waals surface area contributed by atoms with Gasteiger partial charge < -0.3 is 10.6 Å². The van der Waals surface area contributed by atoms with Crippen molar-refractivity contribution in [3.05, 3.63) is 17.0 Å². The number of rotatable bonds is 4. The molecule has 1 aliphatic rings. The second-order valence-electron chi connectivity index (χ2n) is 5.29. The first-order valence-corrected chi connectivity index (χ1v) is 7.19. The van der Waals surface area contributed by atoms with Gasteiger partial charge in [-0.05, 0) is 39.7 Å². The molecule has 19 heavy (non-hydrogen) atoms. The number of nitrogens with one attached hydrogen (secondary N) is 2. The minimum absolute atomic E-state index is 0.0195. The third kappa shape index (κ3) is 3.15. The molecule has 1 unspecified atom stereocenters. The van der Waals surface area contributed by atoms with E-state index >= 15 is 0 Å². The highest BCUT2D eigenvalue weighted by atomic mass is 16.1. The number of amides is 1. The van der Waals surface area contributed by atoms with E-state index in [1.807, 2.05) is 18.5 Å². The van der Waals surface area contributed by atoms with Crippen LogP contribution < -0.4 is 10.6 Å². The minimum atomic E-state index is 0.0195. The van der Waals surface area contributed by atoms with Gasteiger partial charge in [-0.25, -0.2) is 0 Å². The van der Waals surface area contributed by atoms with E-state index in [0.717, 1.165) is 55.8 Å². The molecule has 2 rings (SSSR count). The second kappa shape index (κ2) is 6.19. The first-order valence-electron chi connectivity index (χ1n) is 7.19. The van der Waals surface area contributed by atoms with Crippen LogP contribution in [0.3, 0.4) is 0 Å². The van der Waals surface area contributed by atoms with E-state index in [9.17, 15) is 4.79 Å². The molecule has 106 valence electrons. The highest BCUT2D eigenvalue weighted by molar-refractivity contribution is 5.96. The fourth-order valence-corrected chi connectivity index (χ4v) is 2.69. The van der Waals surface area contributed by atoms with Gasteiger partial charge in [-0.2, -0.15) is 5.10 Å². The average molecular weight is 264 g/mol. The van der Waals surface area contributed by atoms with E-state index in [1.165, 1.54) is 0 Å². The molecule has 1 fully saturated rings. The van der Waals surface area contributed by atoms with Gasteiger partial charge in [0.25, 0.3) is 5.91 Å². The fraction of sp³-hybridized carbons (Fsp3) is 0.714. The maximum absolute atomic E-state index is 12.4. The maximum Gasteiger partial charge on any atom is 0.255 e. The Kier molecular flexibility index (Phi) is 4.58. The number of hydrogen-bond acceptors (Lipinski definition) is 3. The summed E-state index contributed by atoms with van der Waals surface area (Å²) in [6.07, 6.45) is 3.20. The lowest BCUT2D eigenvalue weighted by Gasteiger charge is -2.23. The smallest absolute Gasteiger partial charge is 0.255 e. The van der Waals surface area contributed by atoms with Crippen LogP contribution in [-0.2, 0) is 6.54 Å². The largest absolute Gasteiger partial charge is 0.348 e. The van der Waals surface area contributed by atoms with Crippen molar-refractivity contribution in [2.45, 2.75) is 52.6 Å². The van der Waals surface area contributed by atoms with Crippen LogP contribution >= 0.6 is 0 Å². The number of aryl methyl sites for hydroxylation is 2. The van der Waals surface area contributed by atoms with Gasteiger partial charge in [0.1, 0.15) is 0 Å². The van der Waals surface area contributed by atoms with Crippen molar-refractivity contribution in [2.75, 3.05) is 13.1 Å². The third-order valence-corrected chi connectivity index (χ3v) is 3.68. The van der Waals surface area contributed by atoms with Crippen molar-refractivity contribution < 1.29 is 4.79 Å². The van der Waals surface area contributed by atoms with Gasteiger partial charge in [-0.15, -0.1) is 0 Å². The van der Waals surface area contributed by atoms with E-state index in [1.54, 1.807) is 0 Å². The molecule has 0 bridgehead atoms. The summed E-state index contributed by atoms with van der Waals surface area (Å²) in [6, 6.07) is 0.245. The molecular weight excluding hydrogens is 240 g/mol. The molecule has 0 saturated carbocycles. The Morgan fingerprint density at radius 3 is 2.95 bits per heavy atom. The summed E-state index contributed by atoms with van der Waals surface area (Å²) in [6.45, 7) is 8.79.